The largest absolute Gasteiger partial charge is 0.496 e. The van der Waals surface area contributed by atoms with Crippen LogP contribution >= 0.6 is 22.7 Å². The first-order valence-electron chi connectivity index (χ1n) is 6.63. The molecule has 1 unspecified atom stereocenters. The fourth-order valence-electron chi connectivity index (χ4n) is 2.52. The molecule has 2 heterocycles. The second-order valence-electron chi connectivity index (χ2n) is 4.60. The number of thiophene rings is 2. The molecule has 3 aromatic rings. The van der Waals surface area contributed by atoms with Crippen LogP contribution in [0.3, 0.4) is 0 Å². The van der Waals surface area contributed by atoms with Crippen LogP contribution in [0.1, 0.15) is 16.5 Å². The molecule has 2 aromatic heterocycles. The SMILES string of the molecule is CNC(c1cc2sccc2s1)c1c(OC)cccc1OC. The third-order valence-corrected chi connectivity index (χ3v) is 5.64. The highest BCUT2D eigenvalue weighted by Crippen LogP contribution is 2.41. The second kappa shape index (κ2) is 6.05. The number of hydrogen-bond acceptors (Lipinski definition) is 5. The van der Waals surface area contributed by atoms with E-state index in [1.165, 1.54) is 14.3 Å². The van der Waals surface area contributed by atoms with Crippen LogP contribution < -0.4 is 14.8 Å². The van der Waals surface area contributed by atoms with E-state index in [0.29, 0.717) is 0 Å². The molecule has 0 aliphatic rings. The van der Waals surface area contributed by atoms with Gasteiger partial charge in [0.05, 0.1) is 25.8 Å². The summed E-state index contributed by atoms with van der Waals surface area (Å²) in [6.45, 7) is 0. The van der Waals surface area contributed by atoms with Crippen LogP contribution in [0.4, 0.5) is 0 Å². The Hall–Kier alpha value is -1.56. The van der Waals surface area contributed by atoms with Gasteiger partial charge in [-0.05, 0) is 36.7 Å². The third kappa shape index (κ3) is 2.52. The molecule has 5 heteroatoms. The summed E-state index contributed by atoms with van der Waals surface area (Å²) in [5.41, 5.74) is 1.04. The van der Waals surface area contributed by atoms with Crippen LogP contribution in [0.15, 0.2) is 35.7 Å². The molecule has 0 bridgehead atoms. The Morgan fingerprint density at radius 1 is 1.05 bits per heavy atom. The zero-order chi connectivity index (χ0) is 14.8. The maximum Gasteiger partial charge on any atom is 0.127 e. The summed E-state index contributed by atoms with van der Waals surface area (Å²) in [4.78, 5) is 1.27. The Morgan fingerprint density at radius 2 is 1.76 bits per heavy atom. The van der Waals surface area contributed by atoms with Crippen LogP contribution in [0.2, 0.25) is 0 Å². The predicted octanol–water partition coefficient (Wildman–Crippen LogP) is 4.29. The van der Waals surface area contributed by atoms with E-state index < -0.39 is 0 Å². The van der Waals surface area contributed by atoms with Crippen molar-refractivity contribution in [2.24, 2.45) is 0 Å². The second-order valence-corrected chi connectivity index (χ2v) is 6.66. The highest BCUT2D eigenvalue weighted by atomic mass is 32.1. The topological polar surface area (TPSA) is 30.5 Å². The highest BCUT2D eigenvalue weighted by molar-refractivity contribution is 7.27. The molecule has 0 aliphatic heterocycles. The van der Waals surface area contributed by atoms with E-state index in [9.17, 15) is 0 Å². The summed E-state index contributed by atoms with van der Waals surface area (Å²) in [6, 6.07) is 10.4. The van der Waals surface area contributed by atoms with Gasteiger partial charge in [-0.1, -0.05) is 6.07 Å². The van der Waals surface area contributed by atoms with Crippen molar-refractivity contribution < 1.29 is 9.47 Å². The number of rotatable bonds is 5. The minimum Gasteiger partial charge on any atom is -0.496 e. The Labute approximate surface area is 132 Å². The molecular weight excluding hydrogens is 302 g/mol. The van der Waals surface area contributed by atoms with Crippen LogP contribution in [0, 0.1) is 0 Å². The maximum atomic E-state index is 5.53. The van der Waals surface area contributed by atoms with Crippen molar-refractivity contribution in [3.63, 3.8) is 0 Å². The molecule has 0 spiro atoms. The molecule has 0 fully saturated rings. The van der Waals surface area contributed by atoms with Crippen LogP contribution in [0.5, 0.6) is 11.5 Å². The van der Waals surface area contributed by atoms with Gasteiger partial charge in [-0.3, -0.25) is 0 Å². The molecule has 1 atom stereocenters. The number of benzene rings is 1. The fourth-order valence-corrected chi connectivity index (χ4v) is 4.76. The average Bonchev–Trinajstić information content (AvgIpc) is 3.09. The molecule has 3 rings (SSSR count). The standard InChI is InChI=1S/C16H17NO2S2/c1-17-16(14-9-13-12(21-14)7-8-20-13)15-10(18-2)5-4-6-11(15)19-3/h4-9,16-17H,1-3H3. The van der Waals surface area contributed by atoms with Gasteiger partial charge >= 0.3 is 0 Å². The van der Waals surface area contributed by atoms with E-state index in [4.69, 9.17) is 9.47 Å². The smallest absolute Gasteiger partial charge is 0.127 e. The summed E-state index contributed by atoms with van der Waals surface area (Å²) in [5.74, 6) is 1.68. The van der Waals surface area contributed by atoms with Gasteiger partial charge in [-0.15, -0.1) is 22.7 Å². The maximum absolute atomic E-state index is 5.53. The van der Waals surface area contributed by atoms with Crippen LogP contribution in [-0.2, 0) is 0 Å². The molecule has 0 amide bonds. The molecular formula is C16H17NO2S2. The first-order chi connectivity index (χ1) is 10.3. The van der Waals surface area contributed by atoms with Crippen molar-refractivity contribution >= 4 is 32.1 Å². The lowest BCUT2D eigenvalue weighted by atomic mass is 10.0. The van der Waals surface area contributed by atoms with Crippen molar-refractivity contribution in [1.82, 2.24) is 5.32 Å². The van der Waals surface area contributed by atoms with E-state index in [1.54, 1.807) is 36.9 Å². The van der Waals surface area contributed by atoms with Gasteiger partial charge < -0.3 is 14.8 Å². The lowest BCUT2D eigenvalue weighted by Gasteiger charge is -2.20. The van der Waals surface area contributed by atoms with E-state index >= 15 is 0 Å². The van der Waals surface area contributed by atoms with E-state index in [1.807, 2.05) is 25.2 Å². The Balaban J connectivity index is 2.13. The number of hydrogen-bond donors (Lipinski definition) is 1. The van der Waals surface area contributed by atoms with Crippen LogP contribution in [0.25, 0.3) is 9.40 Å². The number of fused-ring (bicyclic) bond motifs is 1. The minimum atomic E-state index is 0.0562. The Bertz CT molecular complexity index is 697. The van der Waals surface area contributed by atoms with Gasteiger partial charge in [-0.2, -0.15) is 0 Å². The zero-order valence-electron chi connectivity index (χ0n) is 12.2. The van der Waals surface area contributed by atoms with Crippen molar-refractivity contribution in [2.75, 3.05) is 21.3 Å². The monoisotopic (exact) mass is 319 g/mol. The highest BCUT2D eigenvalue weighted by Gasteiger charge is 2.23. The van der Waals surface area contributed by atoms with E-state index in [0.717, 1.165) is 17.1 Å². The van der Waals surface area contributed by atoms with Crippen molar-refractivity contribution in [1.29, 1.82) is 0 Å². The molecule has 21 heavy (non-hydrogen) atoms. The van der Waals surface area contributed by atoms with Crippen molar-refractivity contribution in [2.45, 2.75) is 6.04 Å². The molecule has 0 radical (unpaired) electrons. The van der Waals surface area contributed by atoms with Gasteiger partial charge in [0, 0.05) is 14.3 Å². The van der Waals surface area contributed by atoms with E-state index in [2.05, 4.69) is 22.8 Å². The lowest BCUT2D eigenvalue weighted by Crippen LogP contribution is -2.18. The summed E-state index contributed by atoms with van der Waals surface area (Å²) in [7, 11) is 5.35. The molecule has 0 aliphatic carbocycles. The summed E-state index contributed by atoms with van der Waals surface area (Å²) < 4.78 is 13.7. The molecule has 110 valence electrons. The fraction of sp³-hybridized carbons (Fsp3) is 0.250. The van der Waals surface area contributed by atoms with Gasteiger partial charge in [0.1, 0.15) is 11.5 Å². The Morgan fingerprint density at radius 3 is 2.33 bits per heavy atom. The molecule has 0 saturated heterocycles. The van der Waals surface area contributed by atoms with Gasteiger partial charge in [0.2, 0.25) is 0 Å². The van der Waals surface area contributed by atoms with Gasteiger partial charge in [0.25, 0.3) is 0 Å². The zero-order valence-corrected chi connectivity index (χ0v) is 13.8. The quantitative estimate of drug-likeness (QED) is 0.761. The number of ether oxygens (including phenoxy) is 2. The van der Waals surface area contributed by atoms with Gasteiger partial charge in [0.15, 0.2) is 0 Å². The molecule has 0 saturated carbocycles. The molecule has 1 N–H and O–H groups in total. The van der Waals surface area contributed by atoms with Crippen molar-refractivity contribution in [3.05, 3.63) is 46.2 Å². The molecule has 3 nitrogen and oxygen atoms in total. The van der Waals surface area contributed by atoms with Crippen LogP contribution in [-0.4, -0.2) is 21.3 Å². The van der Waals surface area contributed by atoms with Gasteiger partial charge in [-0.25, -0.2) is 0 Å². The number of methoxy groups -OCH3 is 2. The summed E-state index contributed by atoms with van der Waals surface area (Å²) in [5, 5.41) is 5.52. The predicted molar refractivity (Wildman–Crippen MR) is 90.2 cm³/mol. The average molecular weight is 319 g/mol. The minimum absolute atomic E-state index is 0.0562. The Kier molecular flexibility index (Phi) is 4.14. The van der Waals surface area contributed by atoms with Crippen molar-refractivity contribution in [3.8, 4) is 11.5 Å². The summed E-state index contributed by atoms with van der Waals surface area (Å²) in [6.07, 6.45) is 0. The first kappa shape index (κ1) is 14.4. The first-order valence-corrected chi connectivity index (χ1v) is 8.33. The normalized spacial score (nSPS) is 12.5. The third-order valence-electron chi connectivity index (χ3n) is 3.49. The molecule has 1 aromatic carbocycles. The van der Waals surface area contributed by atoms with E-state index in [-0.39, 0.29) is 6.04 Å². The summed E-state index contributed by atoms with van der Waals surface area (Å²) >= 11 is 3.58. The lowest BCUT2D eigenvalue weighted by molar-refractivity contribution is 0.379. The number of nitrogens with one attached hydrogen (secondary N) is 1.